The lowest BCUT2D eigenvalue weighted by atomic mass is 10.1. The highest BCUT2D eigenvalue weighted by Crippen LogP contribution is 2.35. The Morgan fingerprint density at radius 1 is 0.674 bits per heavy atom. The number of hydrogen-bond donors (Lipinski definition) is 4. The molecule has 6 rings (SSSR count). The first-order chi connectivity index (χ1) is 22.3. The Kier molecular flexibility index (Phi) is 9.39. The van der Waals surface area contributed by atoms with Gasteiger partial charge in [0.25, 0.3) is 0 Å². The van der Waals surface area contributed by atoms with Crippen LogP contribution in [0.3, 0.4) is 0 Å². The fourth-order valence-corrected chi connectivity index (χ4v) is 5.85. The first-order valence-electron chi connectivity index (χ1n) is 15.4. The third-order valence-electron chi connectivity index (χ3n) is 8.17. The maximum atomic E-state index is 12.2. The quantitative estimate of drug-likeness (QED) is 0.145. The lowest BCUT2D eigenvalue weighted by Crippen LogP contribution is -2.37. The van der Waals surface area contributed by atoms with Gasteiger partial charge in [-0.05, 0) is 37.1 Å². The van der Waals surface area contributed by atoms with E-state index in [1.54, 1.807) is 33.6 Å². The highest BCUT2D eigenvalue weighted by atomic mass is 16.5. The Balaban J connectivity index is 1.36. The molecule has 16 nitrogen and oxygen atoms in total. The zero-order valence-electron chi connectivity index (χ0n) is 25.7. The molecule has 0 atom stereocenters. The molecular formula is C30H40N10O6. The Hall–Kier alpha value is -4.64. The van der Waals surface area contributed by atoms with Gasteiger partial charge in [0.1, 0.15) is 22.5 Å². The van der Waals surface area contributed by atoms with Gasteiger partial charge in [0, 0.05) is 50.4 Å². The highest BCUT2D eigenvalue weighted by Gasteiger charge is 2.25. The van der Waals surface area contributed by atoms with Gasteiger partial charge < -0.3 is 41.9 Å². The third-order valence-corrected chi connectivity index (χ3v) is 8.17. The number of hydrogen-bond acceptors (Lipinski definition) is 12. The van der Waals surface area contributed by atoms with E-state index in [1.807, 2.05) is 0 Å². The fraction of sp³-hybridized carbons (Fsp3) is 0.467. The first kappa shape index (κ1) is 31.3. The molecule has 0 saturated carbocycles. The predicted octanol–water partition coefficient (Wildman–Crippen LogP) is 0.262. The van der Waals surface area contributed by atoms with Gasteiger partial charge in [0.15, 0.2) is 0 Å². The maximum Gasteiger partial charge on any atom is 0.248 e. The summed E-state index contributed by atoms with van der Waals surface area (Å²) < 4.78 is 26.5. The number of imidazole rings is 2. The van der Waals surface area contributed by atoms with E-state index in [-0.39, 0.29) is 23.0 Å². The number of nitrogens with two attached hydrogens (primary N) is 4. The maximum absolute atomic E-state index is 12.2. The van der Waals surface area contributed by atoms with Crippen LogP contribution in [-0.4, -0.2) is 120 Å². The molecule has 2 saturated heterocycles. The first-order valence-corrected chi connectivity index (χ1v) is 15.4. The summed E-state index contributed by atoms with van der Waals surface area (Å²) in [6.07, 6.45) is 1.47. The monoisotopic (exact) mass is 636 g/mol. The molecule has 4 heterocycles. The summed E-state index contributed by atoms with van der Waals surface area (Å²) in [7, 11) is 0. The van der Waals surface area contributed by atoms with Crippen LogP contribution in [0.4, 0.5) is 11.9 Å². The SMILES string of the molecule is NC(=O)c1cc(OCCCN2CCOCC2)c2c(c1)nc(N)n2-n1c(N)nc2cc(C(N)=O)cc(OCCCN3CCOCC3)c21. The van der Waals surface area contributed by atoms with Crippen LogP contribution in [-0.2, 0) is 9.47 Å². The number of fused-ring (bicyclic) bond motifs is 2. The smallest absolute Gasteiger partial charge is 0.248 e. The minimum absolute atomic E-state index is 0.0537. The van der Waals surface area contributed by atoms with Gasteiger partial charge >= 0.3 is 0 Å². The molecule has 0 radical (unpaired) electrons. The number of rotatable bonds is 13. The number of primary amides is 2. The molecule has 2 amide bonds. The van der Waals surface area contributed by atoms with E-state index in [1.165, 1.54) is 0 Å². The topological polar surface area (TPSA) is 217 Å². The summed E-state index contributed by atoms with van der Waals surface area (Å²) >= 11 is 0. The van der Waals surface area contributed by atoms with Crippen LogP contribution in [0.15, 0.2) is 24.3 Å². The van der Waals surface area contributed by atoms with E-state index in [2.05, 4.69) is 19.8 Å². The molecule has 2 aromatic heterocycles. The van der Waals surface area contributed by atoms with Gasteiger partial charge in [-0.15, -0.1) is 0 Å². The highest BCUT2D eigenvalue weighted by molar-refractivity contribution is 6.00. The van der Waals surface area contributed by atoms with Crippen molar-refractivity contribution in [2.75, 3.05) is 90.4 Å². The van der Waals surface area contributed by atoms with Crippen LogP contribution in [0.5, 0.6) is 11.5 Å². The van der Waals surface area contributed by atoms with Crippen LogP contribution in [0, 0.1) is 0 Å². The number of nitrogen functional groups attached to an aromatic ring is 2. The summed E-state index contributed by atoms with van der Waals surface area (Å²) in [6.45, 7) is 8.69. The van der Waals surface area contributed by atoms with Crippen molar-refractivity contribution in [3.63, 3.8) is 0 Å². The molecule has 0 unspecified atom stereocenters. The molecule has 2 aromatic carbocycles. The van der Waals surface area contributed by atoms with Crippen LogP contribution >= 0.6 is 0 Å². The summed E-state index contributed by atoms with van der Waals surface area (Å²) in [5.74, 6) is -0.461. The molecule has 2 fully saturated rings. The zero-order valence-corrected chi connectivity index (χ0v) is 25.7. The van der Waals surface area contributed by atoms with E-state index < -0.39 is 11.8 Å². The Labute approximate surface area is 265 Å². The molecule has 8 N–H and O–H groups in total. The standard InChI is InChI=1S/C30H40N10O6/c31-27(41)19-15-21-25(23(17-19)45-9-1-3-37-5-11-43-12-6-37)39(29(33)35-21)40-26-22(36-30(40)34)16-20(28(32)42)18-24(26)46-10-2-4-38-7-13-44-14-8-38/h15-18H,1-14H2,(H2,31,41)(H2,32,42)(H2,33,35)(H2,34,36). The molecule has 16 heteroatoms. The van der Waals surface area contributed by atoms with Crippen molar-refractivity contribution in [2.24, 2.45) is 11.5 Å². The molecule has 4 aromatic rings. The van der Waals surface area contributed by atoms with E-state index in [0.717, 1.165) is 52.1 Å². The number of ether oxygens (including phenoxy) is 4. The van der Waals surface area contributed by atoms with E-state index >= 15 is 0 Å². The molecule has 2 aliphatic rings. The second-order valence-electron chi connectivity index (χ2n) is 11.3. The second kappa shape index (κ2) is 13.8. The van der Waals surface area contributed by atoms with Crippen molar-refractivity contribution in [3.05, 3.63) is 35.4 Å². The number of carbonyl (C=O) groups is 2. The number of anilines is 2. The molecule has 46 heavy (non-hydrogen) atoms. The van der Waals surface area contributed by atoms with E-state index in [4.69, 9.17) is 41.9 Å². The average molecular weight is 637 g/mol. The molecule has 246 valence electrons. The normalized spacial score (nSPS) is 16.3. The van der Waals surface area contributed by atoms with Gasteiger partial charge in [0.2, 0.25) is 23.7 Å². The summed E-state index contributed by atoms with van der Waals surface area (Å²) in [5, 5.41) is 0. The Morgan fingerprint density at radius 3 is 1.43 bits per heavy atom. The van der Waals surface area contributed by atoms with Gasteiger partial charge in [-0.1, -0.05) is 0 Å². The number of aromatic nitrogens is 4. The predicted molar refractivity (Wildman–Crippen MR) is 171 cm³/mol. The van der Waals surface area contributed by atoms with Crippen molar-refractivity contribution in [3.8, 4) is 11.5 Å². The van der Waals surface area contributed by atoms with Crippen molar-refractivity contribution >= 4 is 45.8 Å². The fourth-order valence-electron chi connectivity index (χ4n) is 5.85. The van der Waals surface area contributed by atoms with Crippen LogP contribution in [0.2, 0.25) is 0 Å². The number of benzene rings is 2. The van der Waals surface area contributed by atoms with E-state index in [9.17, 15) is 9.59 Å². The summed E-state index contributed by atoms with van der Waals surface area (Å²) in [5.41, 5.74) is 26.4. The Bertz CT molecular complexity index is 1600. The van der Waals surface area contributed by atoms with Gasteiger partial charge in [0.05, 0.1) is 50.7 Å². The van der Waals surface area contributed by atoms with Crippen molar-refractivity contribution in [1.82, 2.24) is 29.1 Å². The lowest BCUT2D eigenvalue weighted by Gasteiger charge is -2.26. The average Bonchev–Trinajstić information content (AvgIpc) is 3.56. The number of amides is 2. The van der Waals surface area contributed by atoms with E-state index in [0.29, 0.717) is 73.2 Å². The summed E-state index contributed by atoms with van der Waals surface area (Å²) in [6, 6.07) is 6.24. The minimum atomic E-state index is -0.632. The van der Waals surface area contributed by atoms with Gasteiger partial charge in [-0.3, -0.25) is 19.4 Å². The van der Waals surface area contributed by atoms with Crippen LogP contribution in [0.25, 0.3) is 22.1 Å². The van der Waals surface area contributed by atoms with Gasteiger partial charge in [-0.2, -0.15) is 0 Å². The van der Waals surface area contributed by atoms with Crippen LogP contribution < -0.4 is 32.4 Å². The van der Waals surface area contributed by atoms with Crippen LogP contribution in [0.1, 0.15) is 33.6 Å². The number of morpholine rings is 2. The third kappa shape index (κ3) is 6.64. The van der Waals surface area contributed by atoms with Gasteiger partial charge in [-0.25, -0.2) is 19.3 Å². The Morgan fingerprint density at radius 2 is 1.07 bits per heavy atom. The number of carbonyl (C=O) groups excluding carboxylic acids is 2. The second-order valence-corrected chi connectivity index (χ2v) is 11.3. The lowest BCUT2D eigenvalue weighted by molar-refractivity contribution is 0.0357. The zero-order chi connectivity index (χ0) is 32.2. The van der Waals surface area contributed by atoms with Crippen molar-refractivity contribution in [2.45, 2.75) is 12.8 Å². The molecule has 0 spiro atoms. The molecular weight excluding hydrogens is 596 g/mol. The van der Waals surface area contributed by atoms with Crippen molar-refractivity contribution < 1.29 is 28.5 Å². The molecule has 2 aliphatic heterocycles. The molecule has 0 bridgehead atoms. The molecule has 0 aliphatic carbocycles. The summed E-state index contributed by atoms with van der Waals surface area (Å²) in [4.78, 5) is 38.1. The van der Waals surface area contributed by atoms with Crippen molar-refractivity contribution in [1.29, 1.82) is 0 Å². The minimum Gasteiger partial charge on any atom is -0.491 e. The largest absolute Gasteiger partial charge is 0.491 e. The number of nitrogens with zero attached hydrogens (tertiary/aromatic N) is 6.